The van der Waals surface area contributed by atoms with Gasteiger partial charge in [0.25, 0.3) is 0 Å². The summed E-state index contributed by atoms with van der Waals surface area (Å²) in [5.41, 5.74) is 3.66. The molecule has 0 saturated heterocycles. The molecule has 132 valence electrons. The number of aromatic nitrogens is 3. The number of aliphatic hydroxyl groups excluding tert-OH is 1. The predicted molar refractivity (Wildman–Crippen MR) is 104 cm³/mol. The lowest BCUT2D eigenvalue weighted by Crippen LogP contribution is -2.20. The third kappa shape index (κ3) is 4.01. The first-order valence-electron chi connectivity index (χ1n) is 7.77. The van der Waals surface area contributed by atoms with Crippen LogP contribution in [-0.2, 0) is 12.0 Å². The van der Waals surface area contributed by atoms with E-state index in [1.165, 1.54) is 17.7 Å². The minimum Gasteiger partial charge on any atom is -0.395 e. The molecular weight excluding hydrogens is 356 g/mol. The normalized spacial score (nSPS) is 12.3. The summed E-state index contributed by atoms with van der Waals surface area (Å²) in [7, 11) is 1.89. The van der Waals surface area contributed by atoms with Gasteiger partial charge in [-0.1, -0.05) is 13.8 Å². The van der Waals surface area contributed by atoms with Crippen LogP contribution in [0, 0.1) is 0 Å². The van der Waals surface area contributed by atoms with E-state index in [0.29, 0.717) is 5.82 Å². The first-order valence-corrected chi connectivity index (χ1v) is 9.47. The third-order valence-corrected chi connectivity index (χ3v) is 5.90. The van der Waals surface area contributed by atoms with Gasteiger partial charge in [0.1, 0.15) is 16.2 Å². The van der Waals surface area contributed by atoms with E-state index in [-0.39, 0.29) is 12.0 Å². The van der Waals surface area contributed by atoms with Gasteiger partial charge >= 0.3 is 0 Å². The number of thiazole rings is 1. The zero-order chi connectivity index (χ0) is 17.9. The molecule has 0 aliphatic rings. The fourth-order valence-electron chi connectivity index (χ4n) is 2.15. The van der Waals surface area contributed by atoms with Crippen molar-refractivity contribution in [1.29, 1.82) is 0 Å². The summed E-state index contributed by atoms with van der Waals surface area (Å²) in [6.45, 7) is 4.82. The number of fused-ring (bicyclic) bond motifs is 1. The lowest BCUT2D eigenvalue weighted by molar-refractivity contribution is 0.221. The molecule has 0 fully saturated rings. The molecule has 0 aliphatic heterocycles. The Morgan fingerprint density at radius 2 is 2.20 bits per heavy atom. The van der Waals surface area contributed by atoms with E-state index < -0.39 is 0 Å². The number of hydrogen-bond acceptors (Lipinski definition) is 9. The Hall–Kier alpha value is -1.94. The third-order valence-electron chi connectivity index (χ3n) is 3.66. The van der Waals surface area contributed by atoms with Crippen LogP contribution in [-0.4, -0.2) is 39.9 Å². The number of thiophene rings is 1. The summed E-state index contributed by atoms with van der Waals surface area (Å²) in [6, 6.07) is 2.02. The molecule has 0 aliphatic carbocycles. The lowest BCUT2D eigenvalue weighted by atomic mass is 9.93. The highest BCUT2D eigenvalue weighted by Crippen LogP contribution is 2.35. The number of aliphatic hydroxyl groups is 1. The zero-order valence-corrected chi connectivity index (χ0v) is 15.9. The van der Waals surface area contributed by atoms with Crippen molar-refractivity contribution in [3.63, 3.8) is 0 Å². The Morgan fingerprint density at radius 1 is 1.36 bits per heavy atom. The van der Waals surface area contributed by atoms with Gasteiger partial charge in [0.2, 0.25) is 0 Å². The number of nitrogens with one attached hydrogen (secondary N) is 2. The summed E-state index contributed by atoms with van der Waals surface area (Å²) in [5.74, 6) is 0.643. The molecule has 3 heterocycles. The number of anilines is 1. The van der Waals surface area contributed by atoms with Gasteiger partial charge in [0.05, 0.1) is 23.9 Å². The standard InChI is InChI=1S/C16H20N6OS2/c1-16(2,8-23)12-4-11-14(18-9-19-15(11)25-12)22-20-6-13-21-10(5-17-3)7-24-13/h4,6-7,9,17,23H,5,8H2,1-3H3,(H,18,19,22). The molecule has 0 bridgehead atoms. The zero-order valence-electron chi connectivity index (χ0n) is 14.3. The van der Waals surface area contributed by atoms with Crippen molar-refractivity contribution < 1.29 is 5.11 Å². The van der Waals surface area contributed by atoms with Crippen LogP contribution in [0.25, 0.3) is 10.2 Å². The second kappa shape index (κ2) is 7.52. The van der Waals surface area contributed by atoms with E-state index in [4.69, 9.17) is 0 Å². The highest BCUT2D eigenvalue weighted by molar-refractivity contribution is 7.18. The second-order valence-corrected chi connectivity index (χ2v) is 8.09. The molecule has 25 heavy (non-hydrogen) atoms. The van der Waals surface area contributed by atoms with Crippen LogP contribution < -0.4 is 10.7 Å². The number of rotatable bonds is 7. The molecule has 7 nitrogen and oxygen atoms in total. The maximum atomic E-state index is 9.57. The molecule has 0 spiro atoms. The lowest BCUT2D eigenvalue weighted by Gasteiger charge is -2.18. The topological polar surface area (TPSA) is 95.3 Å². The van der Waals surface area contributed by atoms with E-state index in [9.17, 15) is 5.11 Å². The van der Waals surface area contributed by atoms with Gasteiger partial charge < -0.3 is 10.4 Å². The fraction of sp³-hybridized carbons (Fsp3) is 0.375. The van der Waals surface area contributed by atoms with Gasteiger partial charge in [0, 0.05) is 22.2 Å². The Balaban J connectivity index is 1.80. The van der Waals surface area contributed by atoms with Gasteiger partial charge in [-0.15, -0.1) is 22.7 Å². The van der Waals surface area contributed by atoms with E-state index in [0.717, 1.165) is 32.3 Å². The molecule has 0 radical (unpaired) electrons. The minimum absolute atomic E-state index is 0.0766. The van der Waals surface area contributed by atoms with E-state index in [2.05, 4.69) is 30.8 Å². The molecule has 0 amide bonds. The monoisotopic (exact) mass is 376 g/mol. The molecule has 3 aromatic heterocycles. The first-order chi connectivity index (χ1) is 12.0. The predicted octanol–water partition coefficient (Wildman–Crippen LogP) is 2.58. The van der Waals surface area contributed by atoms with Crippen molar-refractivity contribution in [3.05, 3.63) is 33.4 Å². The summed E-state index contributed by atoms with van der Waals surface area (Å²) >= 11 is 3.10. The Labute approximate surface area is 153 Å². The highest BCUT2D eigenvalue weighted by atomic mass is 32.1. The number of hydrogen-bond donors (Lipinski definition) is 3. The van der Waals surface area contributed by atoms with Crippen molar-refractivity contribution in [2.45, 2.75) is 25.8 Å². The van der Waals surface area contributed by atoms with Crippen LogP contribution in [0.3, 0.4) is 0 Å². The molecule has 0 saturated carbocycles. The average Bonchev–Trinajstić information content (AvgIpc) is 3.23. The molecule has 0 aromatic carbocycles. The molecular formula is C16H20N6OS2. The van der Waals surface area contributed by atoms with Crippen molar-refractivity contribution in [2.24, 2.45) is 5.10 Å². The van der Waals surface area contributed by atoms with Crippen LogP contribution >= 0.6 is 22.7 Å². The van der Waals surface area contributed by atoms with Crippen LogP contribution in [0.5, 0.6) is 0 Å². The Kier molecular flexibility index (Phi) is 5.38. The average molecular weight is 377 g/mol. The first kappa shape index (κ1) is 17.9. The van der Waals surface area contributed by atoms with Crippen LogP contribution in [0.15, 0.2) is 22.9 Å². The summed E-state index contributed by atoms with van der Waals surface area (Å²) in [5, 5.41) is 20.6. The van der Waals surface area contributed by atoms with Crippen molar-refractivity contribution in [3.8, 4) is 0 Å². The molecule has 3 rings (SSSR count). The molecule has 3 N–H and O–H groups in total. The van der Waals surface area contributed by atoms with Gasteiger partial charge in [0.15, 0.2) is 5.82 Å². The highest BCUT2D eigenvalue weighted by Gasteiger charge is 2.23. The van der Waals surface area contributed by atoms with Gasteiger partial charge in [-0.3, -0.25) is 5.43 Å². The summed E-state index contributed by atoms with van der Waals surface area (Å²) in [4.78, 5) is 15.0. The number of hydrazone groups is 1. The molecule has 9 heteroatoms. The van der Waals surface area contributed by atoms with Crippen LogP contribution in [0.2, 0.25) is 0 Å². The maximum absolute atomic E-state index is 9.57. The summed E-state index contributed by atoms with van der Waals surface area (Å²) in [6.07, 6.45) is 3.20. The summed E-state index contributed by atoms with van der Waals surface area (Å²) < 4.78 is 0. The Morgan fingerprint density at radius 3 is 2.96 bits per heavy atom. The second-order valence-electron chi connectivity index (χ2n) is 6.17. The van der Waals surface area contributed by atoms with Gasteiger partial charge in [-0.25, -0.2) is 15.0 Å². The van der Waals surface area contributed by atoms with Gasteiger partial charge in [-0.05, 0) is 13.1 Å². The maximum Gasteiger partial charge on any atom is 0.158 e. The molecule has 0 atom stereocenters. The van der Waals surface area contributed by atoms with E-state index >= 15 is 0 Å². The van der Waals surface area contributed by atoms with Gasteiger partial charge in [-0.2, -0.15) is 5.10 Å². The van der Waals surface area contributed by atoms with E-state index in [1.807, 2.05) is 32.3 Å². The minimum atomic E-state index is -0.309. The number of nitrogens with zero attached hydrogens (tertiary/aromatic N) is 4. The van der Waals surface area contributed by atoms with Crippen molar-refractivity contribution in [2.75, 3.05) is 19.1 Å². The van der Waals surface area contributed by atoms with Crippen molar-refractivity contribution >= 4 is 44.9 Å². The fourth-order valence-corrected chi connectivity index (χ4v) is 3.92. The quantitative estimate of drug-likeness (QED) is 0.433. The largest absolute Gasteiger partial charge is 0.395 e. The smallest absolute Gasteiger partial charge is 0.158 e. The SMILES string of the molecule is CNCc1csc(C=NNc2ncnc3sc(C(C)(C)CO)cc23)n1. The van der Waals surface area contributed by atoms with Crippen LogP contribution in [0.4, 0.5) is 5.82 Å². The van der Waals surface area contributed by atoms with Crippen molar-refractivity contribution in [1.82, 2.24) is 20.3 Å². The molecule has 3 aromatic rings. The Bertz CT molecular complexity index is 886. The molecule has 0 unspecified atom stereocenters. The van der Waals surface area contributed by atoms with E-state index in [1.54, 1.807) is 17.6 Å². The van der Waals surface area contributed by atoms with Crippen LogP contribution in [0.1, 0.15) is 29.4 Å².